The number of nitrogens with one attached hydrogen (secondary N) is 1. The first kappa shape index (κ1) is 15.5. The standard InChI is InChI=1S/C19H20N4O2/c24-19(20-12-17-6-3-10-25-17)14-22-13-16(23-9-4-8-21-23)11-15-5-1-2-7-18(15)22/h1-10,16H,11-14H2,(H,20,24). The van der Waals surface area contributed by atoms with Gasteiger partial charge in [-0.05, 0) is 36.2 Å². The van der Waals surface area contributed by atoms with E-state index in [0.717, 1.165) is 24.4 Å². The second kappa shape index (κ2) is 6.84. The van der Waals surface area contributed by atoms with Gasteiger partial charge in [-0.2, -0.15) is 5.10 Å². The van der Waals surface area contributed by atoms with E-state index < -0.39 is 0 Å². The summed E-state index contributed by atoms with van der Waals surface area (Å²) in [6, 6.07) is 14.1. The molecule has 1 amide bonds. The Morgan fingerprint density at radius 3 is 2.96 bits per heavy atom. The number of nitrogens with zero attached hydrogens (tertiary/aromatic N) is 3. The van der Waals surface area contributed by atoms with Crippen LogP contribution < -0.4 is 10.2 Å². The van der Waals surface area contributed by atoms with Crippen LogP contribution in [0.1, 0.15) is 17.4 Å². The number of carbonyl (C=O) groups excluding carboxylic acids is 1. The van der Waals surface area contributed by atoms with Gasteiger partial charge in [0.2, 0.25) is 5.91 Å². The maximum absolute atomic E-state index is 12.4. The summed E-state index contributed by atoms with van der Waals surface area (Å²) in [5, 5.41) is 7.29. The van der Waals surface area contributed by atoms with Gasteiger partial charge in [0, 0.05) is 24.6 Å². The molecule has 25 heavy (non-hydrogen) atoms. The van der Waals surface area contributed by atoms with Crippen LogP contribution in [-0.4, -0.2) is 28.8 Å². The zero-order valence-corrected chi connectivity index (χ0v) is 13.8. The quantitative estimate of drug-likeness (QED) is 0.777. The molecule has 1 aliphatic rings. The van der Waals surface area contributed by atoms with Crippen LogP contribution in [-0.2, 0) is 17.8 Å². The van der Waals surface area contributed by atoms with Crippen LogP contribution in [0, 0.1) is 0 Å². The van der Waals surface area contributed by atoms with Crippen LogP contribution >= 0.6 is 0 Å². The SMILES string of the molecule is O=C(CN1CC(n2cccn2)Cc2ccccc21)NCc1ccco1. The summed E-state index contributed by atoms with van der Waals surface area (Å²) in [5.74, 6) is 0.731. The van der Waals surface area contributed by atoms with Gasteiger partial charge < -0.3 is 14.6 Å². The number of rotatable bonds is 5. The lowest BCUT2D eigenvalue weighted by Gasteiger charge is -2.35. The average Bonchev–Trinajstić information content (AvgIpc) is 3.33. The number of carbonyl (C=O) groups is 1. The predicted molar refractivity (Wildman–Crippen MR) is 94.2 cm³/mol. The number of para-hydroxylation sites is 1. The molecule has 3 aromatic rings. The molecule has 0 aliphatic carbocycles. The number of hydrogen-bond donors (Lipinski definition) is 1. The Balaban J connectivity index is 1.48. The van der Waals surface area contributed by atoms with Crippen LogP contribution in [0.2, 0.25) is 0 Å². The zero-order valence-electron chi connectivity index (χ0n) is 13.8. The van der Waals surface area contributed by atoms with Gasteiger partial charge >= 0.3 is 0 Å². The molecule has 3 heterocycles. The number of aromatic nitrogens is 2. The molecule has 0 bridgehead atoms. The van der Waals surface area contributed by atoms with E-state index in [4.69, 9.17) is 4.42 Å². The van der Waals surface area contributed by atoms with Gasteiger partial charge in [-0.15, -0.1) is 0 Å². The largest absolute Gasteiger partial charge is 0.467 e. The van der Waals surface area contributed by atoms with E-state index in [-0.39, 0.29) is 11.9 Å². The molecule has 6 nitrogen and oxygen atoms in total. The zero-order chi connectivity index (χ0) is 17.1. The van der Waals surface area contributed by atoms with Crippen molar-refractivity contribution < 1.29 is 9.21 Å². The summed E-state index contributed by atoms with van der Waals surface area (Å²) >= 11 is 0. The molecule has 1 atom stereocenters. The molecular weight excluding hydrogens is 316 g/mol. The summed E-state index contributed by atoms with van der Waals surface area (Å²) in [5.41, 5.74) is 2.37. The van der Waals surface area contributed by atoms with Gasteiger partial charge in [0.15, 0.2) is 0 Å². The normalized spacial score (nSPS) is 16.5. The molecule has 0 saturated carbocycles. The van der Waals surface area contributed by atoms with Crippen molar-refractivity contribution in [3.8, 4) is 0 Å². The smallest absolute Gasteiger partial charge is 0.239 e. The van der Waals surface area contributed by atoms with Gasteiger partial charge in [0.25, 0.3) is 0 Å². The number of benzene rings is 1. The van der Waals surface area contributed by atoms with Crippen molar-refractivity contribution in [1.29, 1.82) is 0 Å². The first-order valence-electron chi connectivity index (χ1n) is 8.40. The van der Waals surface area contributed by atoms with E-state index in [1.165, 1.54) is 5.56 Å². The molecule has 128 valence electrons. The van der Waals surface area contributed by atoms with E-state index in [1.54, 1.807) is 12.5 Å². The van der Waals surface area contributed by atoms with Crippen molar-refractivity contribution in [2.24, 2.45) is 0 Å². The van der Waals surface area contributed by atoms with Crippen molar-refractivity contribution in [2.45, 2.75) is 19.0 Å². The highest BCUT2D eigenvalue weighted by atomic mass is 16.3. The van der Waals surface area contributed by atoms with E-state index >= 15 is 0 Å². The highest BCUT2D eigenvalue weighted by molar-refractivity contribution is 5.81. The molecule has 1 unspecified atom stereocenters. The summed E-state index contributed by atoms with van der Waals surface area (Å²) < 4.78 is 7.23. The Morgan fingerprint density at radius 1 is 1.24 bits per heavy atom. The van der Waals surface area contributed by atoms with Gasteiger partial charge in [0.1, 0.15) is 5.76 Å². The van der Waals surface area contributed by atoms with E-state index in [1.807, 2.05) is 41.2 Å². The fourth-order valence-electron chi connectivity index (χ4n) is 3.31. The highest BCUT2D eigenvalue weighted by Crippen LogP contribution is 2.31. The first-order chi connectivity index (χ1) is 12.3. The minimum Gasteiger partial charge on any atom is -0.467 e. The Morgan fingerprint density at radius 2 is 2.16 bits per heavy atom. The molecular formula is C19H20N4O2. The predicted octanol–water partition coefficient (Wildman–Crippen LogP) is 2.40. The topological polar surface area (TPSA) is 63.3 Å². The number of fused-ring (bicyclic) bond motifs is 1. The van der Waals surface area contributed by atoms with Crippen molar-refractivity contribution in [2.75, 3.05) is 18.0 Å². The molecule has 1 aliphatic heterocycles. The average molecular weight is 336 g/mol. The Hall–Kier alpha value is -3.02. The van der Waals surface area contributed by atoms with Crippen molar-refractivity contribution in [3.05, 3.63) is 72.4 Å². The maximum Gasteiger partial charge on any atom is 0.239 e. The van der Waals surface area contributed by atoms with Crippen LogP contribution in [0.4, 0.5) is 5.69 Å². The minimum atomic E-state index is -0.0210. The van der Waals surface area contributed by atoms with Gasteiger partial charge in [-0.3, -0.25) is 9.48 Å². The second-order valence-electron chi connectivity index (χ2n) is 6.21. The van der Waals surface area contributed by atoms with Crippen LogP contribution in [0.15, 0.2) is 65.5 Å². The Labute approximate surface area is 146 Å². The van der Waals surface area contributed by atoms with Crippen LogP contribution in [0.5, 0.6) is 0 Å². The highest BCUT2D eigenvalue weighted by Gasteiger charge is 2.26. The van der Waals surface area contributed by atoms with Gasteiger partial charge in [-0.25, -0.2) is 0 Å². The Bertz CT molecular complexity index is 827. The van der Waals surface area contributed by atoms with Crippen molar-refractivity contribution >= 4 is 11.6 Å². The first-order valence-corrected chi connectivity index (χ1v) is 8.40. The number of anilines is 1. The van der Waals surface area contributed by atoms with E-state index in [0.29, 0.717) is 13.1 Å². The molecule has 0 radical (unpaired) electrons. The van der Waals surface area contributed by atoms with E-state index in [9.17, 15) is 4.79 Å². The van der Waals surface area contributed by atoms with Gasteiger partial charge in [-0.1, -0.05) is 18.2 Å². The fraction of sp³-hybridized carbons (Fsp3) is 0.263. The molecule has 0 saturated heterocycles. The van der Waals surface area contributed by atoms with Crippen LogP contribution in [0.3, 0.4) is 0 Å². The van der Waals surface area contributed by atoms with Crippen LogP contribution in [0.25, 0.3) is 0 Å². The molecule has 4 rings (SSSR count). The van der Waals surface area contributed by atoms with E-state index in [2.05, 4.69) is 27.4 Å². The molecule has 2 aromatic heterocycles. The third-order valence-corrected chi connectivity index (χ3v) is 4.49. The van der Waals surface area contributed by atoms with Crippen molar-refractivity contribution in [1.82, 2.24) is 15.1 Å². The number of amides is 1. The lowest BCUT2D eigenvalue weighted by molar-refractivity contribution is -0.120. The monoisotopic (exact) mass is 336 g/mol. The third kappa shape index (κ3) is 3.42. The molecule has 1 N–H and O–H groups in total. The number of hydrogen-bond acceptors (Lipinski definition) is 4. The van der Waals surface area contributed by atoms with Gasteiger partial charge in [0.05, 0.1) is 25.4 Å². The minimum absolute atomic E-state index is 0.0210. The fourth-order valence-corrected chi connectivity index (χ4v) is 3.31. The summed E-state index contributed by atoms with van der Waals surface area (Å²) in [7, 11) is 0. The number of furan rings is 1. The molecule has 0 fully saturated rings. The third-order valence-electron chi connectivity index (χ3n) is 4.49. The van der Waals surface area contributed by atoms with Crippen molar-refractivity contribution in [3.63, 3.8) is 0 Å². The molecule has 6 heteroatoms. The lowest BCUT2D eigenvalue weighted by atomic mass is 9.98. The molecule has 1 aromatic carbocycles. The second-order valence-corrected chi connectivity index (χ2v) is 6.21. The Kier molecular flexibility index (Phi) is 4.24. The maximum atomic E-state index is 12.4. The summed E-state index contributed by atoms with van der Waals surface area (Å²) in [4.78, 5) is 14.5. The summed E-state index contributed by atoms with van der Waals surface area (Å²) in [6.45, 7) is 1.48. The molecule has 0 spiro atoms. The summed E-state index contributed by atoms with van der Waals surface area (Å²) in [6.07, 6.45) is 6.30. The lowest BCUT2D eigenvalue weighted by Crippen LogP contribution is -2.43.